The summed E-state index contributed by atoms with van der Waals surface area (Å²) in [6.45, 7) is 6.85. The van der Waals surface area contributed by atoms with Crippen LogP contribution in [0.5, 0.6) is 0 Å². The molecule has 0 radical (unpaired) electrons. The number of amidine groups is 1. The molecule has 0 fully saturated rings. The van der Waals surface area contributed by atoms with Crippen molar-refractivity contribution in [2.75, 3.05) is 18.6 Å². The SMILES string of the molecule is CO/C(=N/C[Si](C)(C)C)Nc1ccccc1. The van der Waals surface area contributed by atoms with Crippen molar-refractivity contribution < 1.29 is 4.74 Å². The summed E-state index contributed by atoms with van der Waals surface area (Å²) in [4.78, 5) is 4.45. The summed E-state index contributed by atoms with van der Waals surface area (Å²) in [5, 5.41) is 3.15. The van der Waals surface area contributed by atoms with E-state index >= 15 is 0 Å². The molecule has 0 aliphatic heterocycles. The van der Waals surface area contributed by atoms with Crippen LogP contribution in [0.4, 0.5) is 5.69 Å². The zero-order valence-corrected chi connectivity index (χ0v) is 11.4. The first-order chi connectivity index (χ1) is 7.51. The molecular weight excluding hydrogens is 216 g/mol. The van der Waals surface area contributed by atoms with Crippen LogP contribution in [-0.4, -0.2) is 27.4 Å². The number of ether oxygens (including phenoxy) is 1. The first-order valence-electron chi connectivity index (χ1n) is 5.42. The molecule has 16 heavy (non-hydrogen) atoms. The fourth-order valence-electron chi connectivity index (χ4n) is 1.11. The van der Waals surface area contributed by atoms with E-state index in [2.05, 4.69) is 30.0 Å². The Balaban J connectivity index is 2.62. The number of nitrogens with one attached hydrogen (secondary N) is 1. The van der Waals surface area contributed by atoms with E-state index in [9.17, 15) is 0 Å². The van der Waals surface area contributed by atoms with Gasteiger partial charge in [-0.2, -0.15) is 0 Å². The molecule has 0 bridgehead atoms. The first kappa shape index (κ1) is 12.8. The Morgan fingerprint density at radius 2 is 1.88 bits per heavy atom. The second-order valence-corrected chi connectivity index (χ2v) is 10.3. The van der Waals surface area contributed by atoms with Crippen molar-refractivity contribution in [2.24, 2.45) is 4.99 Å². The monoisotopic (exact) mass is 236 g/mol. The minimum atomic E-state index is -1.16. The van der Waals surface area contributed by atoms with Crippen LogP contribution in [0.1, 0.15) is 0 Å². The zero-order valence-electron chi connectivity index (χ0n) is 10.4. The molecule has 0 heterocycles. The van der Waals surface area contributed by atoms with Gasteiger partial charge in [-0.1, -0.05) is 37.8 Å². The molecule has 1 aromatic carbocycles. The Bertz CT molecular complexity index is 344. The number of methoxy groups -OCH3 is 1. The van der Waals surface area contributed by atoms with Crippen LogP contribution in [0, 0.1) is 0 Å². The van der Waals surface area contributed by atoms with Crippen molar-refractivity contribution >= 4 is 19.8 Å². The van der Waals surface area contributed by atoms with E-state index in [4.69, 9.17) is 4.74 Å². The normalized spacial score (nSPS) is 12.4. The number of hydrogen-bond donors (Lipinski definition) is 1. The molecule has 0 aliphatic rings. The van der Waals surface area contributed by atoms with Gasteiger partial charge < -0.3 is 10.1 Å². The Kier molecular flexibility index (Phi) is 4.55. The van der Waals surface area contributed by atoms with Crippen LogP contribution in [0.25, 0.3) is 0 Å². The molecule has 4 heteroatoms. The molecule has 3 nitrogen and oxygen atoms in total. The van der Waals surface area contributed by atoms with Gasteiger partial charge in [0.1, 0.15) is 0 Å². The van der Waals surface area contributed by atoms with Crippen LogP contribution >= 0.6 is 0 Å². The van der Waals surface area contributed by atoms with Crippen molar-refractivity contribution in [3.8, 4) is 0 Å². The minimum absolute atomic E-state index is 0.591. The largest absolute Gasteiger partial charge is 0.468 e. The number of hydrogen-bond acceptors (Lipinski definition) is 2. The summed E-state index contributed by atoms with van der Waals surface area (Å²) in [7, 11) is 0.477. The number of benzene rings is 1. The number of rotatable bonds is 3. The van der Waals surface area contributed by atoms with E-state index in [1.54, 1.807) is 7.11 Å². The van der Waals surface area contributed by atoms with E-state index in [0.29, 0.717) is 6.02 Å². The van der Waals surface area contributed by atoms with E-state index in [1.165, 1.54) is 0 Å². The van der Waals surface area contributed by atoms with E-state index < -0.39 is 8.07 Å². The summed E-state index contributed by atoms with van der Waals surface area (Å²) in [5.41, 5.74) is 0.999. The average molecular weight is 236 g/mol. The van der Waals surface area contributed by atoms with Crippen molar-refractivity contribution in [3.63, 3.8) is 0 Å². The van der Waals surface area contributed by atoms with E-state index in [0.717, 1.165) is 11.9 Å². The quantitative estimate of drug-likeness (QED) is 0.497. The lowest BCUT2D eigenvalue weighted by molar-refractivity contribution is 0.400. The molecule has 0 saturated carbocycles. The molecule has 0 saturated heterocycles. The Labute approximate surface area is 98.6 Å². The topological polar surface area (TPSA) is 33.6 Å². The second-order valence-electron chi connectivity index (χ2n) is 4.88. The van der Waals surface area contributed by atoms with Gasteiger partial charge in [0.25, 0.3) is 6.02 Å². The number of para-hydroxylation sites is 1. The average Bonchev–Trinajstić information content (AvgIpc) is 2.24. The van der Waals surface area contributed by atoms with Crippen molar-refractivity contribution in [3.05, 3.63) is 30.3 Å². The van der Waals surface area contributed by atoms with Gasteiger partial charge in [0.2, 0.25) is 0 Å². The maximum absolute atomic E-state index is 5.21. The third-order valence-corrected chi connectivity index (χ3v) is 3.02. The van der Waals surface area contributed by atoms with Gasteiger partial charge in [0.15, 0.2) is 0 Å². The van der Waals surface area contributed by atoms with Crippen LogP contribution in [-0.2, 0) is 4.74 Å². The van der Waals surface area contributed by atoms with Crippen LogP contribution in [0.3, 0.4) is 0 Å². The van der Waals surface area contributed by atoms with Crippen LogP contribution in [0.15, 0.2) is 35.3 Å². The van der Waals surface area contributed by atoms with Crippen LogP contribution < -0.4 is 5.32 Å². The van der Waals surface area contributed by atoms with Gasteiger partial charge in [-0.3, -0.25) is 0 Å². The molecular formula is C12H20N2OSi. The minimum Gasteiger partial charge on any atom is -0.468 e. The highest BCUT2D eigenvalue weighted by molar-refractivity contribution is 6.76. The zero-order chi connectivity index (χ0) is 12.0. The smallest absolute Gasteiger partial charge is 0.288 e. The second kappa shape index (κ2) is 5.70. The van der Waals surface area contributed by atoms with Crippen molar-refractivity contribution in [1.82, 2.24) is 0 Å². The summed E-state index contributed by atoms with van der Waals surface area (Å²) in [6.07, 6.45) is 0.871. The third kappa shape index (κ3) is 4.98. The lowest BCUT2D eigenvalue weighted by atomic mass is 10.3. The fraction of sp³-hybridized carbons (Fsp3) is 0.417. The Hall–Kier alpha value is -1.29. The molecule has 0 aliphatic carbocycles. The lowest BCUT2D eigenvalue weighted by Crippen LogP contribution is -2.27. The van der Waals surface area contributed by atoms with Gasteiger partial charge in [-0.15, -0.1) is 0 Å². The maximum Gasteiger partial charge on any atom is 0.288 e. The molecule has 1 aromatic rings. The third-order valence-electron chi connectivity index (χ3n) is 1.92. The molecule has 1 rings (SSSR count). The predicted molar refractivity (Wildman–Crippen MR) is 72.7 cm³/mol. The summed E-state index contributed by atoms with van der Waals surface area (Å²) < 4.78 is 5.21. The highest BCUT2D eigenvalue weighted by Crippen LogP contribution is 2.06. The number of anilines is 1. The Morgan fingerprint density at radius 1 is 1.25 bits per heavy atom. The Morgan fingerprint density at radius 3 is 2.38 bits per heavy atom. The van der Waals surface area contributed by atoms with Gasteiger partial charge in [0.05, 0.1) is 15.2 Å². The molecule has 0 spiro atoms. The maximum atomic E-state index is 5.21. The van der Waals surface area contributed by atoms with Gasteiger partial charge >= 0.3 is 0 Å². The molecule has 88 valence electrons. The van der Waals surface area contributed by atoms with Crippen molar-refractivity contribution in [1.29, 1.82) is 0 Å². The van der Waals surface area contributed by atoms with Gasteiger partial charge in [-0.25, -0.2) is 4.99 Å². The van der Waals surface area contributed by atoms with Crippen molar-refractivity contribution in [2.45, 2.75) is 19.6 Å². The fourth-order valence-corrected chi connectivity index (χ4v) is 1.73. The van der Waals surface area contributed by atoms with E-state index in [1.807, 2.05) is 30.3 Å². The summed E-state index contributed by atoms with van der Waals surface area (Å²) >= 11 is 0. The summed E-state index contributed by atoms with van der Waals surface area (Å²) in [5.74, 6) is 0. The predicted octanol–water partition coefficient (Wildman–Crippen LogP) is 2.98. The standard InChI is InChI=1S/C12H20N2OSi/c1-15-12(13-10-16(2,3)4)14-11-8-6-5-7-9-11/h5-9H,10H2,1-4H3,(H,13,14). The molecule has 0 amide bonds. The molecule has 0 aromatic heterocycles. The summed E-state index contributed by atoms with van der Waals surface area (Å²) in [6, 6.07) is 10.5. The van der Waals surface area contributed by atoms with E-state index in [-0.39, 0.29) is 0 Å². The lowest BCUT2D eigenvalue weighted by Gasteiger charge is -2.14. The molecule has 0 atom stereocenters. The highest BCUT2D eigenvalue weighted by atomic mass is 28.3. The molecule has 0 unspecified atom stereocenters. The molecule has 1 N–H and O–H groups in total. The highest BCUT2D eigenvalue weighted by Gasteiger charge is 2.12. The number of aliphatic imine (C=N–C) groups is 1. The number of nitrogens with zero attached hydrogens (tertiary/aromatic N) is 1. The van der Waals surface area contributed by atoms with Gasteiger partial charge in [-0.05, 0) is 12.1 Å². The first-order valence-corrected chi connectivity index (χ1v) is 9.12. The van der Waals surface area contributed by atoms with Gasteiger partial charge in [0, 0.05) is 11.9 Å². The van der Waals surface area contributed by atoms with Crippen LogP contribution in [0.2, 0.25) is 19.6 Å².